The molecule has 1 aromatic heterocycles. The molecule has 8 nitrogen and oxygen atoms in total. The lowest BCUT2D eigenvalue weighted by molar-refractivity contribution is -0.161. The molecular weight excluding hydrogens is 334 g/mol. The van der Waals surface area contributed by atoms with Crippen LogP contribution in [0, 0.1) is 0 Å². The van der Waals surface area contributed by atoms with Gasteiger partial charge in [-0.05, 0) is 26.0 Å². The first kappa shape index (κ1) is 16.8. The summed E-state index contributed by atoms with van der Waals surface area (Å²) in [6.45, 7) is 3.57. The molecule has 2 fully saturated rings. The molecule has 2 aliphatic heterocycles. The topological polar surface area (TPSA) is 126 Å². The van der Waals surface area contributed by atoms with Gasteiger partial charge >= 0.3 is 5.97 Å². The quantitative estimate of drug-likeness (QED) is 0.650. The van der Waals surface area contributed by atoms with Crippen LogP contribution in [0.2, 0.25) is 0 Å². The van der Waals surface area contributed by atoms with Crippen LogP contribution < -0.4 is 11.1 Å². The summed E-state index contributed by atoms with van der Waals surface area (Å²) in [4.78, 5) is 37.2. The van der Waals surface area contributed by atoms with Crippen LogP contribution in [0.3, 0.4) is 0 Å². The molecule has 0 saturated carbocycles. The summed E-state index contributed by atoms with van der Waals surface area (Å²) in [6, 6.07) is 1.17. The second-order valence-electron chi connectivity index (χ2n) is 6.47. The van der Waals surface area contributed by atoms with Crippen LogP contribution in [0.5, 0.6) is 0 Å². The number of carbonyl (C=O) groups excluding carboxylic acids is 2. The Labute approximate surface area is 142 Å². The molecule has 3 heterocycles. The second kappa shape index (κ2) is 5.82. The number of carbonyl (C=O) groups is 3. The average molecular weight is 353 g/mol. The van der Waals surface area contributed by atoms with E-state index in [-0.39, 0.29) is 23.6 Å². The Morgan fingerprint density at radius 3 is 2.83 bits per heavy atom. The van der Waals surface area contributed by atoms with Crippen LogP contribution in [0.4, 0.5) is 0 Å². The van der Waals surface area contributed by atoms with E-state index in [1.165, 1.54) is 22.9 Å². The zero-order chi connectivity index (χ0) is 17.6. The molecule has 0 aromatic carbocycles. The predicted octanol–water partition coefficient (Wildman–Crippen LogP) is 0.301. The Morgan fingerprint density at radius 1 is 1.54 bits per heavy atom. The van der Waals surface area contributed by atoms with E-state index in [0.29, 0.717) is 5.76 Å². The fourth-order valence-corrected chi connectivity index (χ4v) is 4.81. The molecule has 0 spiro atoms. The van der Waals surface area contributed by atoms with Crippen LogP contribution >= 0.6 is 11.8 Å². The number of thioether (sulfide) groups is 1. The van der Waals surface area contributed by atoms with Crippen molar-refractivity contribution in [3.05, 3.63) is 24.2 Å². The van der Waals surface area contributed by atoms with Crippen LogP contribution in [0.15, 0.2) is 22.8 Å². The third-order valence-electron chi connectivity index (χ3n) is 4.31. The Morgan fingerprint density at radius 2 is 2.25 bits per heavy atom. The summed E-state index contributed by atoms with van der Waals surface area (Å²) in [5.74, 6) is -1.28. The molecule has 2 saturated heterocycles. The predicted molar refractivity (Wildman–Crippen MR) is 85.9 cm³/mol. The van der Waals surface area contributed by atoms with Crippen molar-refractivity contribution in [2.24, 2.45) is 5.73 Å². The van der Waals surface area contributed by atoms with E-state index in [1.807, 2.05) is 0 Å². The summed E-state index contributed by atoms with van der Waals surface area (Å²) < 4.78 is 4.54. The van der Waals surface area contributed by atoms with E-state index in [1.54, 1.807) is 26.0 Å². The minimum Gasteiger partial charge on any atom is -0.480 e. The van der Waals surface area contributed by atoms with Gasteiger partial charge in [-0.3, -0.25) is 9.59 Å². The number of fused-ring (bicyclic) bond motifs is 1. The summed E-state index contributed by atoms with van der Waals surface area (Å²) in [6.07, 6.45) is 1.46. The summed E-state index contributed by atoms with van der Waals surface area (Å²) in [5.41, 5.74) is 5.89. The van der Waals surface area contributed by atoms with Crippen molar-refractivity contribution in [3.8, 4) is 0 Å². The Balaban J connectivity index is 1.63. The number of nitrogens with zero attached hydrogens (tertiary/aromatic N) is 1. The van der Waals surface area contributed by atoms with Crippen LogP contribution in [0.1, 0.15) is 32.1 Å². The Bertz CT molecular complexity index is 675. The van der Waals surface area contributed by atoms with Crippen molar-refractivity contribution in [2.75, 3.05) is 0 Å². The van der Waals surface area contributed by atoms with Gasteiger partial charge in [0.15, 0.2) is 0 Å². The van der Waals surface area contributed by atoms with Crippen molar-refractivity contribution >= 4 is 29.5 Å². The van der Waals surface area contributed by atoms with E-state index in [9.17, 15) is 19.5 Å². The molecule has 130 valence electrons. The number of β-lactam (4-membered cyclic amide) rings is 1. The molecule has 0 radical (unpaired) electrons. The summed E-state index contributed by atoms with van der Waals surface area (Å²) >= 11 is 1.38. The van der Waals surface area contributed by atoms with E-state index < -0.39 is 28.8 Å². The largest absolute Gasteiger partial charge is 0.480 e. The van der Waals surface area contributed by atoms with Gasteiger partial charge in [-0.1, -0.05) is 0 Å². The SMILES string of the molecule is CC1(C)S[C@@H]2[C@H](NC(=O)CC(N)c3ccco3)C(=O)N2[C@H]1C(=O)O. The lowest BCUT2D eigenvalue weighted by atomic mass is 9.96. The summed E-state index contributed by atoms with van der Waals surface area (Å²) in [5, 5.41) is 11.7. The first-order valence-corrected chi connectivity index (χ1v) is 8.41. The van der Waals surface area contributed by atoms with Gasteiger partial charge < -0.3 is 25.5 Å². The van der Waals surface area contributed by atoms with E-state index in [0.717, 1.165) is 0 Å². The number of nitrogens with one attached hydrogen (secondary N) is 1. The normalized spacial score (nSPS) is 28.9. The number of hydrogen-bond donors (Lipinski definition) is 3. The monoisotopic (exact) mass is 353 g/mol. The Kier molecular flexibility index (Phi) is 4.08. The van der Waals surface area contributed by atoms with E-state index in [2.05, 4.69) is 5.32 Å². The van der Waals surface area contributed by atoms with Gasteiger partial charge in [0.1, 0.15) is 23.2 Å². The van der Waals surface area contributed by atoms with Gasteiger partial charge in [-0.2, -0.15) is 0 Å². The second-order valence-corrected chi connectivity index (χ2v) is 8.24. The van der Waals surface area contributed by atoms with Crippen molar-refractivity contribution in [3.63, 3.8) is 0 Å². The van der Waals surface area contributed by atoms with Crippen molar-refractivity contribution in [1.82, 2.24) is 10.2 Å². The van der Waals surface area contributed by atoms with Crippen molar-refractivity contribution < 1.29 is 23.9 Å². The zero-order valence-electron chi connectivity index (χ0n) is 13.3. The number of carboxylic acid groups (broad SMARTS) is 1. The number of furan rings is 1. The zero-order valence-corrected chi connectivity index (χ0v) is 14.1. The molecule has 24 heavy (non-hydrogen) atoms. The number of hydrogen-bond acceptors (Lipinski definition) is 6. The lowest BCUT2D eigenvalue weighted by Crippen LogP contribution is -2.70. The molecule has 9 heteroatoms. The number of aliphatic carboxylic acids is 1. The maximum Gasteiger partial charge on any atom is 0.327 e. The Hall–Kier alpha value is -2.00. The standard InChI is InChI=1S/C15H19N3O5S/c1-15(2)11(14(21)22)18-12(20)10(13(18)24-15)17-9(19)6-7(16)8-4-3-5-23-8/h3-5,7,10-11,13H,6,16H2,1-2H3,(H,17,19)(H,21,22)/t7?,10-,11+,13-/m1/s1. The fraction of sp³-hybridized carbons (Fsp3) is 0.533. The highest BCUT2D eigenvalue weighted by molar-refractivity contribution is 8.01. The number of carboxylic acids is 1. The van der Waals surface area contributed by atoms with Crippen molar-refractivity contribution in [2.45, 2.75) is 48.5 Å². The highest BCUT2D eigenvalue weighted by Crippen LogP contribution is 2.50. The highest BCUT2D eigenvalue weighted by Gasteiger charge is 2.64. The van der Waals surface area contributed by atoms with Gasteiger partial charge in [0, 0.05) is 11.2 Å². The van der Waals surface area contributed by atoms with Crippen molar-refractivity contribution in [1.29, 1.82) is 0 Å². The van der Waals surface area contributed by atoms with Crippen LogP contribution in [-0.2, 0) is 14.4 Å². The summed E-state index contributed by atoms with van der Waals surface area (Å²) in [7, 11) is 0. The number of amides is 2. The first-order chi connectivity index (χ1) is 11.2. The molecule has 3 rings (SSSR count). The maximum absolute atomic E-state index is 12.3. The van der Waals surface area contributed by atoms with Gasteiger partial charge in [0.05, 0.1) is 12.3 Å². The highest BCUT2D eigenvalue weighted by atomic mass is 32.2. The van der Waals surface area contributed by atoms with Gasteiger partial charge in [-0.25, -0.2) is 4.79 Å². The molecule has 1 aromatic rings. The fourth-order valence-electron chi connectivity index (χ4n) is 3.18. The van der Waals surface area contributed by atoms with Gasteiger partial charge in [-0.15, -0.1) is 11.8 Å². The van der Waals surface area contributed by atoms with E-state index >= 15 is 0 Å². The van der Waals surface area contributed by atoms with Gasteiger partial charge in [0.2, 0.25) is 11.8 Å². The number of rotatable bonds is 5. The molecule has 2 amide bonds. The average Bonchev–Trinajstić information content (AvgIpc) is 3.09. The molecular formula is C15H19N3O5S. The lowest BCUT2D eigenvalue weighted by Gasteiger charge is -2.43. The first-order valence-electron chi connectivity index (χ1n) is 7.53. The molecule has 2 aliphatic rings. The molecule has 0 bridgehead atoms. The minimum absolute atomic E-state index is 0.0135. The molecule has 0 aliphatic carbocycles. The third-order valence-corrected chi connectivity index (χ3v) is 5.88. The maximum atomic E-state index is 12.3. The van der Waals surface area contributed by atoms with Gasteiger partial charge in [0.25, 0.3) is 0 Å². The minimum atomic E-state index is -1.03. The number of nitrogens with two attached hydrogens (primary N) is 1. The van der Waals surface area contributed by atoms with Crippen LogP contribution in [0.25, 0.3) is 0 Å². The third kappa shape index (κ3) is 2.67. The molecule has 4 N–H and O–H groups in total. The van der Waals surface area contributed by atoms with Crippen LogP contribution in [-0.4, -0.2) is 50.0 Å². The smallest absolute Gasteiger partial charge is 0.327 e. The molecule has 1 unspecified atom stereocenters. The van der Waals surface area contributed by atoms with E-state index in [4.69, 9.17) is 10.2 Å². The molecule has 4 atom stereocenters.